The van der Waals surface area contributed by atoms with Crippen LogP contribution in [0.2, 0.25) is 0 Å². The van der Waals surface area contributed by atoms with Gasteiger partial charge < -0.3 is 14.9 Å². The van der Waals surface area contributed by atoms with Crippen molar-refractivity contribution >= 4 is 5.97 Å². The number of aliphatic hydroxyl groups excluding tert-OH is 2. The van der Waals surface area contributed by atoms with Crippen molar-refractivity contribution in [2.75, 3.05) is 6.61 Å². The Morgan fingerprint density at radius 2 is 1.65 bits per heavy atom. The van der Waals surface area contributed by atoms with Gasteiger partial charge in [-0.3, -0.25) is 4.79 Å². The molecule has 2 atom stereocenters. The zero-order chi connectivity index (χ0) is 15.6. The molecular weight excluding hydrogens is 256 g/mol. The molecule has 120 valence electrons. The number of hydrogen-bond donors (Lipinski definition) is 2. The van der Waals surface area contributed by atoms with E-state index in [2.05, 4.69) is 6.92 Å². The Kier molecular flexibility index (Phi) is 9.86. The van der Waals surface area contributed by atoms with Gasteiger partial charge in [0.25, 0.3) is 0 Å². The first-order valence-electron chi connectivity index (χ1n) is 7.87. The molecule has 0 radical (unpaired) electrons. The molecule has 4 nitrogen and oxygen atoms in total. The number of aliphatic hydroxyl groups is 2. The molecule has 0 aliphatic rings. The minimum atomic E-state index is -0.882. The molecule has 0 rings (SSSR count). The number of carbonyl (C=O) groups is 1. The Morgan fingerprint density at radius 3 is 2.20 bits per heavy atom. The van der Waals surface area contributed by atoms with Crippen LogP contribution in [0.5, 0.6) is 0 Å². The molecule has 4 heteroatoms. The van der Waals surface area contributed by atoms with E-state index in [9.17, 15) is 15.0 Å². The van der Waals surface area contributed by atoms with Crippen LogP contribution in [0.25, 0.3) is 0 Å². The second-order valence-electron chi connectivity index (χ2n) is 6.06. The Morgan fingerprint density at radius 1 is 1.05 bits per heavy atom. The first-order valence-corrected chi connectivity index (χ1v) is 7.87. The van der Waals surface area contributed by atoms with Gasteiger partial charge >= 0.3 is 5.97 Å². The van der Waals surface area contributed by atoms with Crippen LogP contribution < -0.4 is 0 Å². The Labute approximate surface area is 123 Å². The number of ether oxygens (including phenoxy) is 1. The summed E-state index contributed by atoms with van der Waals surface area (Å²) >= 11 is 0. The fourth-order valence-electron chi connectivity index (χ4n) is 2.18. The van der Waals surface area contributed by atoms with Crippen LogP contribution in [-0.4, -0.2) is 35.0 Å². The van der Waals surface area contributed by atoms with Gasteiger partial charge in [-0.15, -0.1) is 0 Å². The molecule has 0 saturated carbocycles. The van der Waals surface area contributed by atoms with Crippen molar-refractivity contribution < 1.29 is 19.7 Å². The Balaban J connectivity index is 4.14. The first-order chi connectivity index (χ1) is 9.36. The molecule has 0 aliphatic carbocycles. The van der Waals surface area contributed by atoms with Gasteiger partial charge in [0.1, 0.15) is 0 Å². The Hall–Kier alpha value is -0.610. The van der Waals surface area contributed by atoms with Gasteiger partial charge in [0, 0.05) is 5.41 Å². The van der Waals surface area contributed by atoms with E-state index < -0.39 is 23.6 Å². The first kappa shape index (κ1) is 19.4. The third-order valence-corrected chi connectivity index (χ3v) is 3.96. The van der Waals surface area contributed by atoms with Crippen molar-refractivity contribution in [2.45, 2.75) is 84.8 Å². The summed E-state index contributed by atoms with van der Waals surface area (Å²) in [6.07, 6.45) is 4.79. The maximum Gasteiger partial charge on any atom is 0.308 e. The highest BCUT2D eigenvalue weighted by molar-refractivity contribution is 5.70. The number of unbranched alkanes of at least 4 members (excludes halogenated alkanes) is 4. The summed E-state index contributed by atoms with van der Waals surface area (Å²) in [6, 6.07) is 0. The van der Waals surface area contributed by atoms with Crippen LogP contribution in [-0.2, 0) is 9.53 Å². The Bertz CT molecular complexity index is 263. The fourth-order valence-corrected chi connectivity index (χ4v) is 2.18. The number of carbonyl (C=O) groups excluding carboxylic acids is 1. The minimum Gasteiger partial charge on any atom is -0.466 e. The van der Waals surface area contributed by atoms with Gasteiger partial charge in [-0.1, -0.05) is 52.9 Å². The van der Waals surface area contributed by atoms with E-state index in [0.29, 0.717) is 13.0 Å². The zero-order valence-corrected chi connectivity index (χ0v) is 13.5. The summed E-state index contributed by atoms with van der Waals surface area (Å²) in [4.78, 5) is 11.4. The second kappa shape index (κ2) is 10.2. The topological polar surface area (TPSA) is 66.8 Å². The smallest absolute Gasteiger partial charge is 0.308 e. The molecule has 0 aromatic carbocycles. The molecule has 20 heavy (non-hydrogen) atoms. The number of esters is 1. The summed E-state index contributed by atoms with van der Waals surface area (Å²) in [5, 5.41) is 20.4. The molecule has 0 fully saturated rings. The lowest BCUT2D eigenvalue weighted by Crippen LogP contribution is -2.41. The van der Waals surface area contributed by atoms with Crippen LogP contribution in [0.15, 0.2) is 0 Å². The van der Waals surface area contributed by atoms with Crippen molar-refractivity contribution in [3.8, 4) is 0 Å². The van der Waals surface area contributed by atoms with Crippen LogP contribution in [0.1, 0.15) is 72.6 Å². The van der Waals surface area contributed by atoms with E-state index in [1.54, 1.807) is 20.8 Å². The lowest BCUT2D eigenvalue weighted by atomic mass is 9.77. The highest BCUT2D eigenvalue weighted by atomic mass is 16.5. The standard InChI is InChI=1S/C16H32O4/c1-5-7-8-9-10-11-13(17)16(3,4)14(18)12-15(19)20-6-2/h13-14,17-18H,5-12H2,1-4H3/t13-,14+/m1/s1. The summed E-state index contributed by atoms with van der Waals surface area (Å²) in [6.45, 7) is 7.82. The van der Waals surface area contributed by atoms with Gasteiger partial charge in [-0.05, 0) is 13.3 Å². The summed E-state index contributed by atoms with van der Waals surface area (Å²) in [5.41, 5.74) is -0.697. The van der Waals surface area contributed by atoms with Crippen LogP contribution >= 0.6 is 0 Å². The molecule has 0 aromatic rings. The zero-order valence-electron chi connectivity index (χ0n) is 13.5. The van der Waals surface area contributed by atoms with E-state index in [0.717, 1.165) is 12.8 Å². The van der Waals surface area contributed by atoms with Gasteiger partial charge in [0.05, 0.1) is 25.2 Å². The van der Waals surface area contributed by atoms with Crippen molar-refractivity contribution in [1.82, 2.24) is 0 Å². The maximum absolute atomic E-state index is 11.4. The molecule has 0 saturated heterocycles. The van der Waals surface area contributed by atoms with Crippen molar-refractivity contribution in [1.29, 1.82) is 0 Å². The fraction of sp³-hybridized carbons (Fsp3) is 0.938. The molecule has 0 amide bonds. The second-order valence-corrected chi connectivity index (χ2v) is 6.06. The van der Waals surface area contributed by atoms with E-state index in [4.69, 9.17) is 4.74 Å². The number of hydrogen-bond acceptors (Lipinski definition) is 4. The van der Waals surface area contributed by atoms with Gasteiger partial charge in [-0.2, -0.15) is 0 Å². The van der Waals surface area contributed by atoms with E-state index in [1.165, 1.54) is 19.3 Å². The van der Waals surface area contributed by atoms with Crippen molar-refractivity contribution in [2.24, 2.45) is 5.41 Å². The largest absolute Gasteiger partial charge is 0.466 e. The molecule has 0 spiro atoms. The van der Waals surface area contributed by atoms with Crippen molar-refractivity contribution in [3.63, 3.8) is 0 Å². The molecule has 0 heterocycles. The van der Waals surface area contributed by atoms with Crippen molar-refractivity contribution in [3.05, 3.63) is 0 Å². The van der Waals surface area contributed by atoms with Crippen LogP contribution in [0.3, 0.4) is 0 Å². The third-order valence-electron chi connectivity index (χ3n) is 3.96. The van der Waals surface area contributed by atoms with Crippen LogP contribution in [0.4, 0.5) is 0 Å². The highest BCUT2D eigenvalue weighted by Crippen LogP contribution is 2.30. The molecular formula is C16H32O4. The number of rotatable bonds is 11. The van der Waals surface area contributed by atoms with Crippen LogP contribution in [0, 0.1) is 5.41 Å². The molecule has 0 aromatic heterocycles. The molecule has 0 bridgehead atoms. The third kappa shape index (κ3) is 7.25. The van der Waals surface area contributed by atoms with E-state index in [1.807, 2.05) is 0 Å². The summed E-state index contributed by atoms with van der Waals surface area (Å²) in [5.74, 6) is -0.414. The predicted octanol–water partition coefficient (Wildman–Crippen LogP) is 3.05. The summed E-state index contributed by atoms with van der Waals surface area (Å²) < 4.78 is 4.83. The van der Waals surface area contributed by atoms with Gasteiger partial charge in [0.2, 0.25) is 0 Å². The quantitative estimate of drug-likeness (QED) is 0.453. The lowest BCUT2D eigenvalue weighted by Gasteiger charge is -2.35. The van der Waals surface area contributed by atoms with Gasteiger partial charge in [0.15, 0.2) is 0 Å². The monoisotopic (exact) mass is 288 g/mol. The van der Waals surface area contributed by atoms with Gasteiger partial charge in [-0.25, -0.2) is 0 Å². The predicted molar refractivity (Wildman–Crippen MR) is 80.4 cm³/mol. The average molecular weight is 288 g/mol. The molecule has 2 N–H and O–H groups in total. The average Bonchev–Trinajstić information content (AvgIpc) is 2.38. The van der Waals surface area contributed by atoms with E-state index >= 15 is 0 Å². The SMILES string of the molecule is CCCCCCC[C@@H](O)C(C)(C)[C@@H](O)CC(=O)OCC. The highest BCUT2D eigenvalue weighted by Gasteiger charge is 2.36. The minimum absolute atomic E-state index is 0.0618. The normalized spacial score (nSPS) is 14.9. The molecule has 0 unspecified atom stereocenters. The molecule has 0 aliphatic heterocycles. The van der Waals surface area contributed by atoms with E-state index in [-0.39, 0.29) is 6.42 Å². The summed E-state index contributed by atoms with van der Waals surface area (Å²) in [7, 11) is 0. The maximum atomic E-state index is 11.4. The lowest BCUT2D eigenvalue weighted by molar-refractivity contribution is -0.149.